The van der Waals surface area contributed by atoms with Crippen LogP contribution < -0.4 is 5.32 Å². The number of benzene rings is 1. The molecule has 0 aliphatic heterocycles. The first kappa shape index (κ1) is 14.1. The van der Waals surface area contributed by atoms with Gasteiger partial charge in [-0.3, -0.25) is 0 Å². The van der Waals surface area contributed by atoms with Gasteiger partial charge in [-0.1, -0.05) is 24.6 Å². The first-order valence-electron chi connectivity index (χ1n) is 6.57. The molecule has 1 aromatic heterocycles. The molecule has 0 amide bonds. The van der Waals surface area contributed by atoms with E-state index in [0.717, 1.165) is 29.9 Å². The minimum Gasteiger partial charge on any atom is -0.439 e. The molecule has 1 atom stereocenters. The van der Waals surface area contributed by atoms with Gasteiger partial charge < -0.3 is 9.73 Å². The van der Waals surface area contributed by atoms with E-state index >= 15 is 0 Å². The van der Waals surface area contributed by atoms with Gasteiger partial charge in [0.15, 0.2) is 5.76 Å². The van der Waals surface area contributed by atoms with Crippen molar-refractivity contribution >= 4 is 11.6 Å². The van der Waals surface area contributed by atoms with Gasteiger partial charge in [-0.2, -0.15) is 0 Å². The van der Waals surface area contributed by atoms with E-state index in [1.807, 2.05) is 25.1 Å². The molecule has 0 saturated heterocycles. The van der Waals surface area contributed by atoms with E-state index in [9.17, 15) is 0 Å². The molecule has 1 heterocycles. The van der Waals surface area contributed by atoms with Crippen LogP contribution in [-0.2, 0) is 0 Å². The molecular weight excluding hydrogens is 260 g/mol. The summed E-state index contributed by atoms with van der Waals surface area (Å²) in [6, 6.07) is 5.89. The summed E-state index contributed by atoms with van der Waals surface area (Å²) in [7, 11) is 0. The molecule has 0 fully saturated rings. The lowest BCUT2D eigenvalue weighted by Crippen LogP contribution is -2.19. The summed E-state index contributed by atoms with van der Waals surface area (Å²) in [5, 5.41) is 4.06. The van der Waals surface area contributed by atoms with Crippen LogP contribution in [0.15, 0.2) is 28.8 Å². The summed E-state index contributed by atoms with van der Waals surface area (Å²) >= 11 is 6.03. The fraction of sp³-hybridized carbons (Fsp3) is 0.400. The van der Waals surface area contributed by atoms with Crippen molar-refractivity contribution in [3.63, 3.8) is 0 Å². The Labute approximate surface area is 119 Å². The SMILES string of the molecule is CCCNC(C)c1ncc(-c2cc(Cl)ccc2C)o1. The number of hydrogen-bond acceptors (Lipinski definition) is 3. The molecule has 0 radical (unpaired) electrons. The molecular formula is C15H19ClN2O. The zero-order valence-corrected chi connectivity index (χ0v) is 12.3. The third-order valence-corrected chi connectivity index (χ3v) is 3.29. The summed E-state index contributed by atoms with van der Waals surface area (Å²) in [6.07, 6.45) is 2.85. The van der Waals surface area contributed by atoms with E-state index in [2.05, 4.69) is 24.1 Å². The Morgan fingerprint density at radius 3 is 2.95 bits per heavy atom. The minimum atomic E-state index is 0.119. The van der Waals surface area contributed by atoms with Gasteiger partial charge in [-0.15, -0.1) is 0 Å². The van der Waals surface area contributed by atoms with Crippen LogP contribution in [-0.4, -0.2) is 11.5 Å². The van der Waals surface area contributed by atoms with E-state index in [4.69, 9.17) is 16.0 Å². The van der Waals surface area contributed by atoms with Gasteiger partial charge in [0, 0.05) is 10.6 Å². The first-order chi connectivity index (χ1) is 9.11. The number of halogens is 1. The number of nitrogens with zero attached hydrogens (tertiary/aromatic N) is 1. The lowest BCUT2D eigenvalue weighted by molar-refractivity contribution is 0.423. The van der Waals surface area contributed by atoms with Crippen molar-refractivity contribution in [2.75, 3.05) is 6.54 Å². The van der Waals surface area contributed by atoms with Crippen LogP contribution >= 0.6 is 11.6 Å². The zero-order chi connectivity index (χ0) is 13.8. The summed E-state index contributed by atoms with van der Waals surface area (Å²) in [6.45, 7) is 7.17. The van der Waals surface area contributed by atoms with Crippen molar-refractivity contribution in [2.45, 2.75) is 33.2 Å². The summed E-state index contributed by atoms with van der Waals surface area (Å²) in [4.78, 5) is 4.34. The Morgan fingerprint density at radius 2 is 2.21 bits per heavy atom. The highest BCUT2D eigenvalue weighted by molar-refractivity contribution is 6.30. The highest BCUT2D eigenvalue weighted by Crippen LogP contribution is 2.28. The van der Waals surface area contributed by atoms with Gasteiger partial charge in [0.05, 0.1) is 12.2 Å². The second-order valence-corrected chi connectivity index (χ2v) is 5.13. The molecule has 0 saturated carbocycles. The highest BCUT2D eigenvalue weighted by atomic mass is 35.5. The molecule has 0 spiro atoms. The molecule has 1 N–H and O–H groups in total. The van der Waals surface area contributed by atoms with Crippen LogP contribution in [0, 0.1) is 6.92 Å². The predicted molar refractivity (Wildman–Crippen MR) is 78.4 cm³/mol. The van der Waals surface area contributed by atoms with Crippen LogP contribution in [0.3, 0.4) is 0 Å². The van der Waals surface area contributed by atoms with Crippen molar-refractivity contribution in [2.24, 2.45) is 0 Å². The predicted octanol–water partition coefficient (Wildman–Crippen LogP) is 4.36. The van der Waals surface area contributed by atoms with Gasteiger partial charge in [0.1, 0.15) is 0 Å². The maximum absolute atomic E-state index is 6.03. The Hall–Kier alpha value is -1.32. The lowest BCUT2D eigenvalue weighted by Gasteiger charge is -2.08. The fourth-order valence-corrected chi connectivity index (χ4v) is 2.09. The second kappa shape index (κ2) is 6.22. The number of aryl methyl sites for hydroxylation is 1. The molecule has 2 aromatic rings. The third kappa shape index (κ3) is 3.37. The molecule has 19 heavy (non-hydrogen) atoms. The molecule has 0 bridgehead atoms. The molecule has 1 unspecified atom stereocenters. The van der Waals surface area contributed by atoms with Crippen LogP contribution in [0.25, 0.3) is 11.3 Å². The van der Waals surface area contributed by atoms with Crippen LogP contribution in [0.4, 0.5) is 0 Å². The van der Waals surface area contributed by atoms with Crippen molar-refractivity contribution in [3.8, 4) is 11.3 Å². The molecule has 1 aromatic carbocycles. The maximum Gasteiger partial charge on any atom is 0.211 e. The summed E-state index contributed by atoms with van der Waals surface area (Å²) in [5.74, 6) is 1.47. The lowest BCUT2D eigenvalue weighted by atomic mass is 10.1. The molecule has 4 heteroatoms. The normalized spacial score (nSPS) is 12.6. The second-order valence-electron chi connectivity index (χ2n) is 4.70. The number of aromatic nitrogens is 1. The standard InChI is InChI=1S/C15H19ClN2O/c1-4-7-17-11(3)15-18-9-14(19-15)13-8-12(16)6-5-10(13)2/h5-6,8-9,11,17H,4,7H2,1-3H3. The van der Waals surface area contributed by atoms with Crippen LogP contribution in [0.5, 0.6) is 0 Å². The maximum atomic E-state index is 6.03. The number of hydrogen-bond donors (Lipinski definition) is 1. The molecule has 102 valence electrons. The average Bonchev–Trinajstić information content (AvgIpc) is 2.88. The van der Waals surface area contributed by atoms with Crippen LogP contribution in [0.1, 0.15) is 37.8 Å². The van der Waals surface area contributed by atoms with Gasteiger partial charge in [0.2, 0.25) is 5.89 Å². The summed E-state index contributed by atoms with van der Waals surface area (Å²) in [5.41, 5.74) is 2.12. The number of nitrogens with one attached hydrogen (secondary N) is 1. The summed E-state index contributed by atoms with van der Waals surface area (Å²) < 4.78 is 5.83. The first-order valence-corrected chi connectivity index (χ1v) is 6.95. The molecule has 0 aliphatic carbocycles. The third-order valence-electron chi connectivity index (χ3n) is 3.06. The van der Waals surface area contributed by atoms with Gasteiger partial charge in [0.25, 0.3) is 0 Å². The minimum absolute atomic E-state index is 0.119. The Morgan fingerprint density at radius 1 is 1.42 bits per heavy atom. The van der Waals surface area contributed by atoms with E-state index in [1.165, 1.54) is 0 Å². The topological polar surface area (TPSA) is 38.1 Å². The Balaban J connectivity index is 2.23. The van der Waals surface area contributed by atoms with Crippen molar-refractivity contribution in [3.05, 3.63) is 40.9 Å². The van der Waals surface area contributed by atoms with Crippen molar-refractivity contribution < 1.29 is 4.42 Å². The smallest absolute Gasteiger partial charge is 0.211 e. The largest absolute Gasteiger partial charge is 0.439 e. The quantitative estimate of drug-likeness (QED) is 0.883. The van der Waals surface area contributed by atoms with Crippen molar-refractivity contribution in [1.82, 2.24) is 10.3 Å². The Bertz CT molecular complexity index is 551. The fourth-order valence-electron chi connectivity index (χ4n) is 1.92. The monoisotopic (exact) mass is 278 g/mol. The van der Waals surface area contributed by atoms with E-state index < -0.39 is 0 Å². The van der Waals surface area contributed by atoms with Gasteiger partial charge in [-0.05, 0) is 44.5 Å². The Kier molecular flexibility index (Phi) is 4.61. The zero-order valence-electron chi connectivity index (χ0n) is 11.5. The highest BCUT2D eigenvalue weighted by Gasteiger charge is 2.13. The molecule has 3 nitrogen and oxygen atoms in total. The van der Waals surface area contributed by atoms with E-state index in [1.54, 1.807) is 6.20 Å². The van der Waals surface area contributed by atoms with Crippen molar-refractivity contribution in [1.29, 1.82) is 0 Å². The van der Waals surface area contributed by atoms with Crippen LogP contribution in [0.2, 0.25) is 5.02 Å². The molecule has 2 rings (SSSR count). The number of oxazole rings is 1. The van der Waals surface area contributed by atoms with Gasteiger partial charge >= 0.3 is 0 Å². The number of rotatable bonds is 5. The average molecular weight is 279 g/mol. The molecule has 0 aliphatic rings. The van der Waals surface area contributed by atoms with E-state index in [-0.39, 0.29) is 6.04 Å². The van der Waals surface area contributed by atoms with Gasteiger partial charge in [-0.25, -0.2) is 4.98 Å². The van der Waals surface area contributed by atoms with E-state index in [0.29, 0.717) is 10.9 Å².